The van der Waals surface area contributed by atoms with Gasteiger partial charge in [0.2, 0.25) is 5.82 Å². The number of nitrogens with zero attached hydrogens (tertiary/aromatic N) is 1. The molecule has 0 radical (unpaired) electrons. The second-order valence-corrected chi connectivity index (χ2v) is 5.89. The van der Waals surface area contributed by atoms with E-state index < -0.39 is 17.5 Å². The van der Waals surface area contributed by atoms with Crippen LogP contribution in [0.3, 0.4) is 0 Å². The first kappa shape index (κ1) is 21.2. The number of benzene rings is 1. The maximum atomic E-state index is 12.3. The van der Waals surface area contributed by atoms with Gasteiger partial charge >= 0.3 is 11.9 Å². The number of ether oxygens (including phenoxy) is 3. The fraction of sp³-hybridized carbons (Fsp3) is 0.263. The van der Waals surface area contributed by atoms with Gasteiger partial charge in [-0.25, -0.2) is 14.6 Å². The standard InChI is InChI=1S/C19H20N2O6S/c1-4-25-18(23)12-6-8-13(9-7-12)27-10-11(3)14-16(22)20-15(21-17(14)28)19(24)26-5-2/h6-9H,3-5,10H2,1-2H3,(H2,20,21,22,28). The van der Waals surface area contributed by atoms with Gasteiger partial charge in [0.15, 0.2) is 0 Å². The predicted molar refractivity (Wildman–Crippen MR) is 105 cm³/mol. The molecule has 1 N–H and O–H groups in total. The van der Waals surface area contributed by atoms with Crippen molar-refractivity contribution in [3.63, 3.8) is 0 Å². The number of aromatic nitrogens is 2. The molecule has 0 aliphatic heterocycles. The van der Waals surface area contributed by atoms with Crippen molar-refractivity contribution in [3.05, 3.63) is 58.1 Å². The van der Waals surface area contributed by atoms with E-state index in [1.807, 2.05) is 0 Å². The van der Waals surface area contributed by atoms with Crippen LogP contribution in [0.2, 0.25) is 0 Å². The maximum Gasteiger partial charge on any atom is 0.374 e. The molecule has 1 heterocycles. The average molecular weight is 404 g/mol. The highest BCUT2D eigenvalue weighted by Gasteiger charge is 2.17. The molecule has 0 atom stereocenters. The molecule has 0 unspecified atom stereocenters. The lowest BCUT2D eigenvalue weighted by molar-refractivity contribution is 0.0506. The molecule has 0 saturated carbocycles. The first-order chi connectivity index (χ1) is 13.4. The van der Waals surface area contributed by atoms with Crippen molar-refractivity contribution in [2.24, 2.45) is 0 Å². The van der Waals surface area contributed by atoms with Crippen molar-refractivity contribution < 1.29 is 23.8 Å². The molecule has 28 heavy (non-hydrogen) atoms. The second-order valence-electron chi connectivity index (χ2n) is 5.47. The number of rotatable bonds is 8. The maximum absolute atomic E-state index is 12.3. The lowest BCUT2D eigenvalue weighted by Gasteiger charge is -2.11. The van der Waals surface area contributed by atoms with E-state index in [0.29, 0.717) is 23.5 Å². The van der Waals surface area contributed by atoms with Crippen molar-refractivity contribution >= 4 is 30.1 Å². The third kappa shape index (κ3) is 5.23. The Morgan fingerprint density at radius 1 is 1.11 bits per heavy atom. The summed E-state index contributed by atoms with van der Waals surface area (Å²) in [5, 5.41) is 0.0399. The van der Waals surface area contributed by atoms with E-state index in [4.69, 9.17) is 14.2 Å². The number of H-pyrrole nitrogens is 1. The van der Waals surface area contributed by atoms with Gasteiger partial charge in [0.25, 0.3) is 5.56 Å². The topological polar surface area (TPSA) is 108 Å². The molecule has 0 fully saturated rings. The molecule has 2 rings (SSSR count). The summed E-state index contributed by atoms with van der Waals surface area (Å²) in [6.07, 6.45) is 0. The van der Waals surface area contributed by atoms with Gasteiger partial charge in [-0.05, 0) is 43.7 Å². The van der Waals surface area contributed by atoms with Crippen molar-refractivity contribution in [3.8, 4) is 5.75 Å². The molecule has 0 bridgehead atoms. The zero-order valence-electron chi connectivity index (χ0n) is 15.5. The van der Waals surface area contributed by atoms with Crippen molar-refractivity contribution in [1.82, 2.24) is 9.97 Å². The summed E-state index contributed by atoms with van der Waals surface area (Å²) >= 11 is 4.17. The number of aromatic amines is 1. The molecular formula is C19H20N2O6S. The number of esters is 2. The third-order valence-corrected chi connectivity index (χ3v) is 3.82. The van der Waals surface area contributed by atoms with E-state index in [2.05, 4.69) is 29.2 Å². The smallest absolute Gasteiger partial charge is 0.374 e. The number of nitrogens with one attached hydrogen (secondary N) is 1. The zero-order chi connectivity index (χ0) is 20.7. The van der Waals surface area contributed by atoms with E-state index in [9.17, 15) is 14.4 Å². The highest BCUT2D eigenvalue weighted by Crippen LogP contribution is 2.19. The lowest BCUT2D eigenvalue weighted by atomic mass is 10.1. The molecule has 0 aliphatic carbocycles. The minimum Gasteiger partial charge on any atom is -0.489 e. The van der Waals surface area contributed by atoms with E-state index >= 15 is 0 Å². The molecule has 148 valence electrons. The zero-order valence-corrected chi connectivity index (χ0v) is 16.4. The molecule has 0 aliphatic rings. The summed E-state index contributed by atoms with van der Waals surface area (Å²) < 4.78 is 15.3. The van der Waals surface area contributed by atoms with Crippen LogP contribution in [-0.4, -0.2) is 41.7 Å². The highest BCUT2D eigenvalue weighted by molar-refractivity contribution is 7.80. The number of hydrogen-bond donors (Lipinski definition) is 2. The van der Waals surface area contributed by atoms with E-state index in [0.717, 1.165) is 0 Å². The molecule has 0 spiro atoms. The van der Waals surface area contributed by atoms with Crippen LogP contribution in [0.4, 0.5) is 0 Å². The summed E-state index contributed by atoms with van der Waals surface area (Å²) in [7, 11) is 0. The van der Waals surface area contributed by atoms with Gasteiger partial charge in [-0.15, -0.1) is 12.6 Å². The molecule has 8 nitrogen and oxygen atoms in total. The molecule has 1 aromatic heterocycles. The van der Waals surface area contributed by atoms with Gasteiger partial charge in [-0.1, -0.05) is 6.58 Å². The summed E-state index contributed by atoms with van der Waals surface area (Å²) in [4.78, 5) is 41.9. The number of carbonyl (C=O) groups is 2. The minimum absolute atomic E-state index is 0.0180. The SMILES string of the molecule is C=C(COc1ccc(C(=O)OCC)cc1)c1c(S)nc(C(=O)OCC)[nH]c1=O. The third-order valence-electron chi connectivity index (χ3n) is 3.50. The Hall–Kier alpha value is -3.07. The molecule has 0 amide bonds. The second kappa shape index (κ2) is 9.75. The first-order valence-corrected chi connectivity index (χ1v) is 8.90. The molecule has 9 heteroatoms. The monoisotopic (exact) mass is 404 g/mol. The van der Waals surface area contributed by atoms with E-state index in [1.165, 1.54) is 0 Å². The first-order valence-electron chi connectivity index (χ1n) is 8.45. The summed E-state index contributed by atoms with van der Waals surface area (Å²) in [6, 6.07) is 6.35. The molecule has 1 aromatic carbocycles. The average Bonchev–Trinajstić information content (AvgIpc) is 2.66. The van der Waals surface area contributed by atoms with Gasteiger partial charge in [-0.3, -0.25) is 4.79 Å². The Labute approximate surface area is 167 Å². The Balaban J connectivity index is 2.08. The minimum atomic E-state index is -0.745. The van der Waals surface area contributed by atoms with Crippen LogP contribution < -0.4 is 10.3 Å². The summed E-state index contributed by atoms with van der Waals surface area (Å²) in [6.45, 7) is 7.62. The van der Waals surface area contributed by atoms with Crippen molar-refractivity contribution in [1.29, 1.82) is 0 Å². The van der Waals surface area contributed by atoms with Crippen LogP contribution >= 0.6 is 12.6 Å². The number of hydrogen-bond acceptors (Lipinski definition) is 8. The van der Waals surface area contributed by atoms with Crippen molar-refractivity contribution in [2.45, 2.75) is 18.9 Å². The molecular weight excluding hydrogens is 384 g/mol. The Morgan fingerprint density at radius 2 is 1.71 bits per heavy atom. The van der Waals surface area contributed by atoms with Gasteiger partial charge < -0.3 is 19.2 Å². The predicted octanol–water partition coefficient (Wildman–Crippen LogP) is 2.50. The van der Waals surface area contributed by atoms with Gasteiger partial charge in [0.1, 0.15) is 17.4 Å². The highest BCUT2D eigenvalue weighted by atomic mass is 32.1. The van der Waals surface area contributed by atoms with Gasteiger partial charge in [-0.2, -0.15) is 0 Å². The van der Waals surface area contributed by atoms with Crippen LogP contribution in [0.1, 0.15) is 40.4 Å². The summed E-state index contributed by atoms with van der Waals surface area (Å²) in [5.74, 6) is -0.922. The van der Waals surface area contributed by atoms with Crippen LogP contribution in [0.5, 0.6) is 5.75 Å². The van der Waals surface area contributed by atoms with E-state index in [1.54, 1.807) is 38.1 Å². The summed E-state index contributed by atoms with van der Waals surface area (Å²) in [5.41, 5.74) is 0.262. The van der Waals surface area contributed by atoms with Crippen LogP contribution in [0.15, 0.2) is 40.7 Å². The molecule has 2 aromatic rings. The Bertz CT molecular complexity index is 936. The van der Waals surface area contributed by atoms with Crippen LogP contribution in [0, 0.1) is 0 Å². The normalized spacial score (nSPS) is 10.2. The molecule has 0 saturated heterocycles. The van der Waals surface area contributed by atoms with E-state index in [-0.39, 0.29) is 29.6 Å². The number of carbonyl (C=O) groups excluding carboxylic acids is 2. The van der Waals surface area contributed by atoms with Crippen molar-refractivity contribution in [2.75, 3.05) is 19.8 Å². The van der Waals surface area contributed by atoms with Crippen LogP contribution in [-0.2, 0) is 9.47 Å². The fourth-order valence-corrected chi connectivity index (χ4v) is 2.58. The lowest BCUT2D eigenvalue weighted by Crippen LogP contribution is -2.22. The largest absolute Gasteiger partial charge is 0.489 e. The Morgan fingerprint density at radius 3 is 2.29 bits per heavy atom. The van der Waals surface area contributed by atoms with Crippen LogP contribution in [0.25, 0.3) is 5.57 Å². The quantitative estimate of drug-likeness (QED) is 0.395. The number of thiol groups is 1. The Kier molecular flexibility index (Phi) is 7.39. The fourth-order valence-electron chi connectivity index (χ4n) is 2.22. The van der Waals surface area contributed by atoms with Gasteiger partial charge in [0.05, 0.1) is 24.3 Å². The van der Waals surface area contributed by atoms with Gasteiger partial charge in [0, 0.05) is 0 Å².